The fraction of sp³-hybridized carbons (Fsp3) is 0.150. The number of anilines is 1. The first-order valence-electron chi connectivity index (χ1n) is 8.73. The second-order valence-electron chi connectivity index (χ2n) is 6.18. The van der Waals surface area contributed by atoms with Gasteiger partial charge in [-0.25, -0.2) is 18.2 Å². The van der Waals surface area contributed by atoms with Crippen molar-refractivity contribution in [3.8, 4) is 11.3 Å². The van der Waals surface area contributed by atoms with Gasteiger partial charge in [-0.05, 0) is 31.2 Å². The van der Waals surface area contributed by atoms with Crippen LogP contribution in [0.5, 0.6) is 0 Å². The Hall–Kier alpha value is -2.75. The van der Waals surface area contributed by atoms with Crippen molar-refractivity contribution in [1.82, 2.24) is 4.98 Å². The SMILES string of the molecule is CCOC(=O)c1nc(-c2ccc(NC(=O)c3cccc(S(C)(=O)=O)c3Cl)cc2)cs1. The number of benzene rings is 2. The van der Waals surface area contributed by atoms with Crippen LogP contribution in [0.25, 0.3) is 11.3 Å². The quantitative estimate of drug-likeness (QED) is 0.546. The smallest absolute Gasteiger partial charge is 0.367 e. The number of nitrogens with one attached hydrogen (secondary N) is 1. The van der Waals surface area contributed by atoms with Gasteiger partial charge in [0.2, 0.25) is 5.01 Å². The Morgan fingerprint density at radius 1 is 1.17 bits per heavy atom. The van der Waals surface area contributed by atoms with Gasteiger partial charge >= 0.3 is 5.97 Å². The molecule has 1 aromatic heterocycles. The molecular formula is C20H17ClN2O5S2. The van der Waals surface area contributed by atoms with Crippen LogP contribution in [0.1, 0.15) is 27.1 Å². The van der Waals surface area contributed by atoms with Crippen LogP contribution in [0.2, 0.25) is 5.02 Å². The van der Waals surface area contributed by atoms with Crippen LogP contribution >= 0.6 is 22.9 Å². The maximum absolute atomic E-state index is 12.6. The van der Waals surface area contributed by atoms with Crippen molar-refractivity contribution < 1.29 is 22.7 Å². The van der Waals surface area contributed by atoms with E-state index in [0.29, 0.717) is 11.4 Å². The average molecular weight is 465 g/mol. The third-order valence-corrected chi connectivity index (χ3v) is 6.48. The van der Waals surface area contributed by atoms with Crippen LogP contribution in [0.3, 0.4) is 0 Å². The molecule has 0 saturated heterocycles. The third kappa shape index (κ3) is 4.86. The molecule has 0 aliphatic rings. The summed E-state index contributed by atoms with van der Waals surface area (Å²) >= 11 is 7.32. The van der Waals surface area contributed by atoms with Gasteiger partial charge in [0.25, 0.3) is 5.91 Å². The largest absolute Gasteiger partial charge is 0.461 e. The van der Waals surface area contributed by atoms with Gasteiger partial charge in [-0.3, -0.25) is 4.79 Å². The Morgan fingerprint density at radius 2 is 1.87 bits per heavy atom. The highest BCUT2D eigenvalue weighted by Crippen LogP contribution is 2.27. The number of thiazole rings is 1. The molecule has 0 unspecified atom stereocenters. The first kappa shape index (κ1) is 21.9. The number of carbonyl (C=O) groups excluding carboxylic acids is 2. The summed E-state index contributed by atoms with van der Waals surface area (Å²) in [5.41, 5.74) is 1.93. The van der Waals surface area contributed by atoms with Crippen molar-refractivity contribution in [2.75, 3.05) is 18.2 Å². The number of halogens is 1. The van der Waals surface area contributed by atoms with E-state index in [1.807, 2.05) is 0 Å². The number of amides is 1. The molecule has 0 aliphatic carbocycles. The summed E-state index contributed by atoms with van der Waals surface area (Å²) in [5.74, 6) is -0.998. The maximum Gasteiger partial charge on any atom is 0.367 e. The average Bonchev–Trinajstić information content (AvgIpc) is 3.18. The Kier molecular flexibility index (Phi) is 6.55. The van der Waals surface area contributed by atoms with Gasteiger partial charge in [0.1, 0.15) is 0 Å². The molecule has 0 radical (unpaired) electrons. The Bertz CT molecular complexity index is 1200. The summed E-state index contributed by atoms with van der Waals surface area (Å²) in [6, 6.07) is 11.1. The zero-order chi connectivity index (χ0) is 21.9. The molecular weight excluding hydrogens is 448 g/mol. The van der Waals surface area contributed by atoms with Gasteiger partial charge in [-0.2, -0.15) is 0 Å². The molecule has 1 N–H and O–H groups in total. The van der Waals surface area contributed by atoms with Gasteiger partial charge in [-0.15, -0.1) is 11.3 Å². The predicted molar refractivity (Wildman–Crippen MR) is 116 cm³/mol. The number of sulfone groups is 1. The van der Waals surface area contributed by atoms with Crippen LogP contribution in [0.15, 0.2) is 52.7 Å². The van der Waals surface area contributed by atoms with E-state index in [1.165, 1.54) is 29.5 Å². The first-order valence-corrected chi connectivity index (χ1v) is 11.9. The molecule has 30 heavy (non-hydrogen) atoms. The second kappa shape index (κ2) is 8.95. The molecule has 0 fully saturated rings. The minimum Gasteiger partial charge on any atom is -0.461 e. The fourth-order valence-corrected chi connectivity index (χ4v) is 4.70. The van der Waals surface area contributed by atoms with Gasteiger partial charge < -0.3 is 10.1 Å². The van der Waals surface area contributed by atoms with E-state index in [-0.39, 0.29) is 27.1 Å². The number of nitrogens with zero attached hydrogens (tertiary/aromatic N) is 1. The van der Waals surface area contributed by atoms with Crippen LogP contribution in [0.4, 0.5) is 5.69 Å². The van der Waals surface area contributed by atoms with Crippen LogP contribution < -0.4 is 5.32 Å². The van der Waals surface area contributed by atoms with Crippen LogP contribution in [-0.2, 0) is 14.6 Å². The van der Waals surface area contributed by atoms with E-state index in [0.717, 1.165) is 11.8 Å². The van der Waals surface area contributed by atoms with E-state index in [2.05, 4.69) is 10.3 Å². The molecule has 0 bridgehead atoms. The fourth-order valence-electron chi connectivity index (χ4n) is 2.59. The molecule has 0 aliphatic heterocycles. The number of rotatable bonds is 6. The topological polar surface area (TPSA) is 102 Å². The lowest BCUT2D eigenvalue weighted by Crippen LogP contribution is -2.13. The summed E-state index contributed by atoms with van der Waals surface area (Å²) in [6.45, 7) is 2.00. The summed E-state index contributed by atoms with van der Waals surface area (Å²) in [7, 11) is -3.56. The molecule has 3 aromatic rings. The van der Waals surface area contributed by atoms with Crippen molar-refractivity contribution in [2.45, 2.75) is 11.8 Å². The first-order chi connectivity index (χ1) is 14.2. The number of carbonyl (C=O) groups is 2. The van der Waals surface area contributed by atoms with Crippen molar-refractivity contribution in [2.24, 2.45) is 0 Å². The lowest BCUT2D eigenvalue weighted by molar-refractivity contribution is 0.0526. The molecule has 10 heteroatoms. The highest BCUT2D eigenvalue weighted by Gasteiger charge is 2.19. The van der Waals surface area contributed by atoms with Crippen LogP contribution in [-0.4, -0.2) is 38.1 Å². The van der Waals surface area contributed by atoms with Crippen molar-refractivity contribution in [3.63, 3.8) is 0 Å². The second-order valence-corrected chi connectivity index (χ2v) is 9.40. The Morgan fingerprint density at radius 3 is 2.50 bits per heavy atom. The minimum atomic E-state index is -3.56. The van der Waals surface area contributed by atoms with Gasteiger partial charge in [0.05, 0.1) is 27.8 Å². The lowest BCUT2D eigenvalue weighted by atomic mass is 10.1. The summed E-state index contributed by atoms with van der Waals surface area (Å²) in [6.07, 6.45) is 1.03. The Balaban J connectivity index is 1.77. The summed E-state index contributed by atoms with van der Waals surface area (Å²) in [5, 5.41) is 4.58. The van der Waals surface area contributed by atoms with Gasteiger partial charge in [-0.1, -0.05) is 29.8 Å². The minimum absolute atomic E-state index is 0.0576. The zero-order valence-electron chi connectivity index (χ0n) is 16.0. The molecule has 0 spiro atoms. The lowest BCUT2D eigenvalue weighted by Gasteiger charge is -2.09. The Labute approximate surface area is 182 Å². The standard InChI is InChI=1S/C20H17ClN2O5S2/c1-3-28-20(25)19-23-15(11-29-19)12-7-9-13(10-8-12)22-18(24)14-5-4-6-16(17(14)21)30(2,26)27/h4-11H,3H2,1-2H3,(H,22,24). The van der Waals surface area contributed by atoms with Crippen molar-refractivity contribution in [3.05, 3.63) is 63.4 Å². The zero-order valence-corrected chi connectivity index (χ0v) is 18.4. The highest BCUT2D eigenvalue weighted by atomic mass is 35.5. The predicted octanol–water partition coefficient (Wildman–Crippen LogP) is 4.30. The number of hydrogen-bond acceptors (Lipinski definition) is 7. The number of aromatic nitrogens is 1. The van der Waals surface area contributed by atoms with E-state index in [1.54, 1.807) is 36.6 Å². The number of hydrogen-bond donors (Lipinski definition) is 1. The highest BCUT2D eigenvalue weighted by molar-refractivity contribution is 7.90. The molecule has 1 amide bonds. The number of ether oxygens (including phenoxy) is 1. The monoisotopic (exact) mass is 464 g/mol. The van der Waals surface area contributed by atoms with Crippen LogP contribution in [0, 0.1) is 0 Å². The molecule has 0 saturated carbocycles. The van der Waals surface area contributed by atoms with Crippen molar-refractivity contribution >= 4 is 50.3 Å². The summed E-state index contributed by atoms with van der Waals surface area (Å²) in [4.78, 5) is 28.5. The maximum atomic E-state index is 12.6. The van der Waals surface area contributed by atoms with E-state index < -0.39 is 21.7 Å². The summed E-state index contributed by atoms with van der Waals surface area (Å²) < 4.78 is 28.5. The third-order valence-electron chi connectivity index (χ3n) is 4.00. The normalized spacial score (nSPS) is 11.2. The van der Waals surface area contributed by atoms with E-state index in [4.69, 9.17) is 16.3 Å². The molecule has 1 heterocycles. The molecule has 2 aromatic carbocycles. The molecule has 156 valence electrons. The van der Waals surface area contributed by atoms with E-state index in [9.17, 15) is 18.0 Å². The number of esters is 1. The molecule has 0 atom stereocenters. The molecule has 3 rings (SSSR count). The van der Waals surface area contributed by atoms with E-state index >= 15 is 0 Å². The van der Waals surface area contributed by atoms with Crippen molar-refractivity contribution in [1.29, 1.82) is 0 Å². The van der Waals surface area contributed by atoms with Gasteiger partial charge in [0.15, 0.2) is 9.84 Å². The van der Waals surface area contributed by atoms with Gasteiger partial charge in [0, 0.05) is 22.9 Å². The molecule has 7 nitrogen and oxygen atoms in total.